The van der Waals surface area contributed by atoms with Gasteiger partial charge in [-0.25, -0.2) is 31.1 Å². The molecule has 298 valence electrons. The molecule has 5 rings (SSSR count). The van der Waals surface area contributed by atoms with Gasteiger partial charge in [0.25, 0.3) is 0 Å². The van der Waals surface area contributed by atoms with Crippen molar-refractivity contribution in [3.8, 4) is 0 Å². The SMILES string of the molecule is COC(=O)N[C@H](C(=O)Nc1ccccc1CC[C@@H]1CN(C(=O)OC(C)(C)C)CC2(CCN(S(C)(=O)=O)CC2)O1)[C@@H](c1ccc(Cl)cc1)c1cc(F)cc(F)c1. The maximum atomic E-state index is 14.6. The fourth-order valence-electron chi connectivity index (χ4n) is 7.08. The lowest BCUT2D eigenvalue weighted by molar-refractivity contribution is -0.169. The molecule has 2 heterocycles. The first-order valence-corrected chi connectivity index (χ1v) is 20.1. The summed E-state index contributed by atoms with van der Waals surface area (Å²) in [6.45, 7) is 6.35. The first-order chi connectivity index (χ1) is 25.8. The zero-order valence-corrected chi connectivity index (χ0v) is 33.0. The maximum absolute atomic E-state index is 14.6. The molecule has 3 aromatic rings. The Morgan fingerprint density at radius 3 is 2.24 bits per heavy atom. The average molecular weight is 805 g/mol. The lowest BCUT2D eigenvalue weighted by atomic mass is 9.84. The number of piperidine rings is 1. The molecule has 0 saturated carbocycles. The number of halogens is 3. The molecule has 0 aliphatic carbocycles. The van der Waals surface area contributed by atoms with Crippen LogP contribution in [0.5, 0.6) is 0 Å². The van der Waals surface area contributed by atoms with Crippen LogP contribution in [0.2, 0.25) is 5.02 Å². The molecule has 0 radical (unpaired) electrons. The van der Waals surface area contributed by atoms with Gasteiger partial charge >= 0.3 is 12.2 Å². The lowest BCUT2D eigenvalue weighted by Gasteiger charge is -2.49. The lowest BCUT2D eigenvalue weighted by Crippen LogP contribution is -2.61. The summed E-state index contributed by atoms with van der Waals surface area (Å²) in [5, 5.41) is 5.86. The number of carbonyl (C=O) groups is 3. The van der Waals surface area contributed by atoms with Crippen molar-refractivity contribution < 1.29 is 45.8 Å². The molecular weight excluding hydrogens is 758 g/mol. The summed E-state index contributed by atoms with van der Waals surface area (Å²) in [6.07, 6.45) is 0.873. The molecule has 3 aromatic carbocycles. The highest BCUT2D eigenvalue weighted by atomic mass is 35.5. The van der Waals surface area contributed by atoms with Gasteiger partial charge in [-0.15, -0.1) is 0 Å². The van der Waals surface area contributed by atoms with E-state index in [4.69, 9.17) is 25.8 Å². The van der Waals surface area contributed by atoms with E-state index in [0.29, 0.717) is 53.6 Å². The molecule has 0 unspecified atom stereocenters. The van der Waals surface area contributed by atoms with Gasteiger partial charge in [0, 0.05) is 35.8 Å². The summed E-state index contributed by atoms with van der Waals surface area (Å²) in [5.74, 6) is -3.50. The van der Waals surface area contributed by atoms with E-state index in [-0.39, 0.29) is 31.7 Å². The number of amides is 3. The monoisotopic (exact) mass is 804 g/mol. The first kappa shape index (κ1) is 41.8. The first-order valence-electron chi connectivity index (χ1n) is 17.9. The van der Waals surface area contributed by atoms with E-state index in [2.05, 4.69) is 10.6 Å². The van der Waals surface area contributed by atoms with E-state index >= 15 is 0 Å². The van der Waals surface area contributed by atoms with Gasteiger partial charge in [-0.05, 0) is 93.5 Å². The summed E-state index contributed by atoms with van der Waals surface area (Å²) >= 11 is 6.14. The van der Waals surface area contributed by atoms with Crippen LogP contribution in [-0.2, 0) is 35.4 Å². The minimum Gasteiger partial charge on any atom is -0.453 e. The number of para-hydroxylation sites is 1. The average Bonchev–Trinajstić information content (AvgIpc) is 3.10. The van der Waals surface area contributed by atoms with Gasteiger partial charge in [-0.2, -0.15) is 0 Å². The minimum atomic E-state index is -3.40. The van der Waals surface area contributed by atoms with Gasteiger partial charge in [0.1, 0.15) is 23.3 Å². The van der Waals surface area contributed by atoms with Crippen LogP contribution in [0.15, 0.2) is 66.7 Å². The standard InChI is InChI=1S/C39H47ClF2N4O8S/c1-38(2,3)54-37(49)45-23-31(53-39(24-45)16-18-46(19-17-39)55(5,50)51)15-12-25-8-6-7-9-32(25)43-35(47)34(44-36(48)52-4)33(26-10-13-28(40)14-11-26)27-20-29(41)22-30(42)21-27/h6-11,13-14,20-22,31,33-34H,12,15-19,23-24H2,1-5H3,(H,43,47)(H,44,48)/t31-,33+,34+/m1/s1. The van der Waals surface area contributed by atoms with Crippen LogP contribution in [0, 0.1) is 11.6 Å². The number of nitrogens with zero attached hydrogens (tertiary/aromatic N) is 2. The Bertz CT molecular complexity index is 1950. The number of benzene rings is 3. The fourth-order valence-corrected chi connectivity index (χ4v) is 8.05. The van der Waals surface area contributed by atoms with Gasteiger partial charge in [-0.1, -0.05) is 41.9 Å². The largest absolute Gasteiger partial charge is 0.453 e. The van der Waals surface area contributed by atoms with E-state index in [1.807, 2.05) is 6.07 Å². The quantitative estimate of drug-likeness (QED) is 0.237. The summed E-state index contributed by atoms with van der Waals surface area (Å²) < 4.78 is 72.3. The van der Waals surface area contributed by atoms with E-state index in [1.165, 1.54) is 10.6 Å². The molecule has 1 spiro atoms. The summed E-state index contributed by atoms with van der Waals surface area (Å²) in [5.41, 5.74) is 0.149. The molecule has 0 bridgehead atoms. The number of alkyl carbamates (subject to hydrolysis) is 1. The van der Waals surface area contributed by atoms with Crippen LogP contribution in [-0.4, -0.2) is 98.6 Å². The number of ether oxygens (including phenoxy) is 3. The second-order valence-corrected chi connectivity index (χ2v) is 17.4. The van der Waals surface area contributed by atoms with Crippen LogP contribution < -0.4 is 10.6 Å². The van der Waals surface area contributed by atoms with Gasteiger partial charge in [0.05, 0.1) is 38.2 Å². The van der Waals surface area contributed by atoms with E-state index in [9.17, 15) is 31.6 Å². The van der Waals surface area contributed by atoms with Crippen molar-refractivity contribution in [2.75, 3.05) is 44.9 Å². The highest BCUT2D eigenvalue weighted by Gasteiger charge is 2.46. The summed E-state index contributed by atoms with van der Waals surface area (Å²) in [7, 11) is -2.26. The third-order valence-corrected chi connectivity index (χ3v) is 11.2. The Morgan fingerprint density at radius 1 is 1.00 bits per heavy atom. The van der Waals surface area contributed by atoms with Crippen LogP contribution in [0.1, 0.15) is 62.6 Å². The molecular formula is C39H47ClF2N4O8S. The third kappa shape index (κ3) is 11.1. The number of carbonyl (C=O) groups excluding carboxylic acids is 3. The Balaban J connectivity index is 1.40. The second kappa shape index (κ2) is 17.2. The number of anilines is 1. The molecule has 0 aromatic heterocycles. The predicted molar refractivity (Wildman–Crippen MR) is 203 cm³/mol. The number of hydrogen-bond donors (Lipinski definition) is 2. The van der Waals surface area contributed by atoms with Crippen molar-refractivity contribution in [1.82, 2.24) is 14.5 Å². The second-order valence-electron chi connectivity index (χ2n) is 15.0. The van der Waals surface area contributed by atoms with Crippen LogP contribution >= 0.6 is 11.6 Å². The molecule has 3 atom stereocenters. The van der Waals surface area contributed by atoms with Crippen LogP contribution in [0.3, 0.4) is 0 Å². The Labute approximate surface area is 325 Å². The molecule has 2 aliphatic rings. The van der Waals surface area contributed by atoms with E-state index in [1.54, 1.807) is 68.1 Å². The van der Waals surface area contributed by atoms with Gasteiger partial charge in [0.15, 0.2) is 0 Å². The molecule has 12 nitrogen and oxygen atoms in total. The number of sulfonamides is 1. The Hall–Kier alpha value is -4.31. The number of nitrogens with one attached hydrogen (secondary N) is 2. The van der Waals surface area contributed by atoms with Crippen molar-refractivity contribution in [3.05, 3.63) is 100 Å². The van der Waals surface area contributed by atoms with Gasteiger partial charge in [-0.3, -0.25) is 4.79 Å². The predicted octanol–water partition coefficient (Wildman–Crippen LogP) is 6.48. The maximum Gasteiger partial charge on any atom is 0.410 e. The molecule has 2 aliphatic heterocycles. The van der Waals surface area contributed by atoms with Crippen molar-refractivity contribution in [3.63, 3.8) is 0 Å². The number of hydrogen-bond acceptors (Lipinski definition) is 8. The smallest absolute Gasteiger partial charge is 0.410 e. The molecule has 16 heteroatoms. The van der Waals surface area contributed by atoms with E-state index in [0.717, 1.165) is 19.2 Å². The fraction of sp³-hybridized carbons (Fsp3) is 0.462. The van der Waals surface area contributed by atoms with Crippen LogP contribution in [0.4, 0.5) is 24.1 Å². The topological polar surface area (TPSA) is 144 Å². The zero-order valence-electron chi connectivity index (χ0n) is 31.4. The van der Waals surface area contributed by atoms with E-state index < -0.39 is 69.0 Å². The zero-order chi connectivity index (χ0) is 40.1. The van der Waals surface area contributed by atoms with Gasteiger partial charge < -0.3 is 29.7 Å². The summed E-state index contributed by atoms with van der Waals surface area (Å²) in [4.78, 5) is 41.9. The molecule has 3 amide bonds. The number of methoxy groups -OCH3 is 1. The van der Waals surface area contributed by atoms with Crippen molar-refractivity contribution in [2.24, 2.45) is 0 Å². The van der Waals surface area contributed by atoms with Crippen LogP contribution in [0.25, 0.3) is 0 Å². The number of aryl methyl sites for hydroxylation is 1. The number of morpholine rings is 1. The molecule has 2 fully saturated rings. The molecule has 2 N–H and O–H groups in total. The molecule has 2 saturated heterocycles. The normalized spacial score (nSPS) is 18.6. The Morgan fingerprint density at radius 2 is 1.64 bits per heavy atom. The third-order valence-electron chi connectivity index (χ3n) is 9.63. The Kier molecular flexibility index (Phi) is 13.1. The highest BCUT2D eigenvalue weighted by Crippen LogP contribution is 2.36. The van der Waals surface area contributed by atoms with Crippen molar-refractivity contribution >= 4 is 45.4 Å². The number of rotatable bonds is 10. The summed E-state index contributed by atoms with van der Waals surface area (Å²) in [6, 6.07) is 14.9. The minimum absolute atomic E-state index is 0.0879. The van der Waals surface area contributed by atoms with Crippen molar-refractivity contribution in [2.45, 2.75) is 75.7 Å². The van der Waals surface area contributed by atoms with Crippen molar-refractivity contribution in [1.29, 1.82) is 0 Å². The van der Waals surface area contributed by atoms with Gasteiger partial charge in [0.2, 0.25) is 15.9 Å². The highest BCUT2D eigenvalue weighted by molar-refractivity contribution is 7.88. The molecule has 55 heavy (non-hydrogen) atoms.